The number of hydrogen-bond acceptors (Lipinski definition) is 12. The van der Waals surface area contributed by atoms with Gasteiger partial charge in [-0.15, -0.1) is 0 Å². The molecule has 0 spiro atoms. The van der Waals surface area contributed by atoms with E-state index in [1.165, 1.54) is 0 Å². The van der Waals surface area contributed by atoms with Gasteiger partial charge in [-0.2, -0.15) is 5.48 Å². The van der Waals surface area contributed by atoms with Crippen LogP contribution in [0.15, 0.2) is 0 Å². The fourth-order valence-electron chi connectivity index (χ4n) is 7.80. The number of aliphatic carboxylic acids is 1. The van der Waals surface area contributed by atoms with Crippen molar-refractivity contribution in [1.82, 2.24) is 10.8 Å². The third kappa shape index (κ3) is 11.6. The number of carboxylic acid groups (broad SMARTS) is 1. The SMILES string of the molecule is O=C(O)C1CCC([N+](=O)[O-])CC1C(=O)NC1CCC(OCCCOC2CCC(NOCC3CC([N+](=O)[O-])CCC3COO)CC2)CC1. The minimum atomic E-state index is -1.07. The quantitative estimate of drug-likeness (QED) is 0.0754. The van der Waals surface area contributed by atoms with E-state index in [0.29, 0.717) is 51.9 Å². The molecule has 0 aromatic heterocycles. The number of carbonyl (C=O) groups excluding carboxylic acids is 1. The van der Waals surface area contributed by atoms with Gasteiger partial charge >= 0.3 is 5.97 Å². The molecule has 6 atom stereocenters. The standard InChI is InChI=1S/C31H52N4O12/c36-30(29-17-25(35(41)42)8-13-28(29)31(37)38)32-22-3-9-26(10-4-22)44-14-1-15-45-27-11-5-23(6-12-27)33-46-18-21-16-24(34(39)40)7-2-20(21)19-47-43/h20-29,33,43H,1-19H2,(H,32,36)(H,37,38). The number of amides is 1. The molecule has 0 heterocycles. The molecule has 0 bridgehead atoms. The van der Waals surface area contributed by atoms with Crippen molar-refractivity contribution in [3.8, 4) is 0 Å². The molecule has 268 valence electrons. The van der Waals surface area contributed by atoms with E-state index < -0.39 is 40.7 Å². The van der Waals surface area contributed by atoms with Crippen LogP contribution in [0.25, 0.3) is 0 Å². The lowest BCUT2D eigenvalue weighted by atomic mass is 9.76. The van der Waals surface area contributed by atoms with Crippen LogP contribution < -0.4 is 10.8 Å². The highest BCUT2D eigenvalue weighted by molar-refractivity contribution is 5.85. The summed E-state index contributed by atoms with van der Waals surface area (Å²) in [6.45, 7) is 1.68. The van der Waals surface area contributed by atoms with Crippen molar-refractivity contribution >= 4 is 11.9 Å². The molecule has 0 radical (unpaired) electrons. The number of hydrogen-bond donors (Lipinski definition) is 4. The molecule has 4 saturated carbocycles. The van der Waals surface area contributed by atoms with E-state index >= 15 is 0 Å². The number of hydroxylamine groups is 1. The molecule has 1 amide bonds. The number of carbonyl (C=O) groups is 2. The molecule has 47 heavy (non-hydrogen) atoms. The van der Waals surface area contributed by atoms with Gasteiger partial charge in [-0.1, -0.05) is 0 Å². The van der Waals surface area contributed by atoms with E-state index in [1.54, 1.807) is 0 Å². The van der Waals surface area contributed by atoms with Gasteiger partial charge in [-0.25, -0.2) is 4.89 Å². The Morgan fingerprint density at radius 2 is 1.28 bits per heavy atom. The molecule has 4 N–H and O–H groups in total. The van der Waals surface area contributed by atoms with E-state index in [1.807, 2.05) is 0 Å². The van der Waals surface area contributed by atoms with Crippen molar-refractivity contribution in [2.24, 2.45) is 23.7 Å². The van der Waals surface area contributed by atoms with Crippen molar-refractivity contribution < 1.29 is 49.0 Å². The fourth-order valence-corrected chi connectivity index (χ4v) is 7.80. The van der Waals surface area contributed by atoms with Gasteiger partial charge in [0.1, 0.15) is 0 Å². The summed E-state index contributed by atoms with van der Waals surface area (Å²) in [5.41, 5.74) is 3.13. The first-order valence-corrected chi connectivity index (χ1v) is 17.3. The lowest BCUT2D eigenvalue weighted by Crippen LogP contribution is -2.48. The van der Waals surface area contributed by atoms with Crippen LogP contribution >= 0.6 is 0 Å². The summed E-state index contributed by atoms with van der Waals surface area (Å²) in [6.07, 6.45) is 9.48. The second kappa shape index (κ2) is 18.9. The van der Waals surface area contributed by atoms with E-state index in [0.717, 1.165) is 44.9 Å². The summed E-state index contributed by atoms with van der Waals surface area (Å²) in [4.78, 5) is 56.5. The van der Waals surface area contributed by atoms with Crippen molar-refractivity contribution in [2.45, 2.75) is 133 Å². The molecule has 4 rings (SSSR count). The number of rotatable bonds is 17. The molecule has 16 heteroatoms. The highest BCUT2D eigenvalue weighted by Gasteiger charge is 2.44. The molecule has 4 aliphatic carbocycles. The number of nitrogens with one attached hydrogen (secondary N) is 2. The van der Waals surface area contributed by atoms with Crippen LogP contribution in [0.4, 0.5) is 0 Å². The van der Waals surface area contributed by atoms with Gasteiger partial charge in [0.15, 0.2) is 0 Å². The van der Waals surface area contributed by atoms with Crippen LogP contribution in [0, 0.1) is 43.9 Å². The van der Waals surface area contributed by atoms with Gasteiger partial charge in [0, 0.05) is 60.8 Å². The summed E-state index contributed by atoms with van der Waals surface area (Å²) in [7, 11) is 0. The number of nitrogens with zero attached hydrogens (tertiary/aromatic N) is 2. The van der Waals surface area contributed by atoms with Crippen molar-refractivity contribution in [3.05, 3.63) is 20.2 Å². The molecule has 16 nitrogen and oxygen atoms in total. The number of ether oxygens (including phenoxy) is 2. The Morgan fingerprint density at radius 1 is 0.702 bits per heavy atom. The van der Waals surface area contributed by atoms with E-state index in [-0.39, 0.29) is 66.9 Å². The summed E-state index contributed by atoms with van der Waals surface area (Å²) >= 11 is 0. The Hall–Kier alpha value is -2.50. The Labute approximate surface area is 274 Å². The van der Waals surface area contributed by atoms with Gasteiger partial charge in [-0.3, -0.25) is 35.1 Å². The molecule has 0 aromatic carbocycles. The smallest absolute Gasteiger partial charge is 0.307 e. The topological polar surface area (TPSA) is 222 Å². The lowest BCUT2D eigenvalue weighted by molar-refractivity contribution is -0.529. The van der Waals surface area contributed by atoms with Gasteiger partial charge in [-0.05, 0) is 82.5 Å². The normalized spacial score (nSPS) is 34.7. The monoisotopic (exact) mass is 672 g/mol. The highest BCUT2D eigenvalue weighted by atomic mass is 17.1. The first-order valence-electron chi connectivity index (χ1n) is 17.3. The molecule has 6 unspecified atom stereocenters. The van der Waals surface area contributed by atoms with Crippen LogP contribution in [0.2, 0.25) is 0 Å². The second-order valence-corrected chi connectivity index (χ2v) is 13.9. The first kappa shape index (κ1) is 37.3. The number of carboxylic acids is 1. The van der Waals surface area contributed by atoms with Crippen molar-refractivity contribution in [1.29, 1.82) is 0 Å². The Bertz CT molecular complexity index is 1020. The van der Waals surface area contributed by atoms with Gasteiger partial charge in [0.25, 0.3) is 0 Å². The summed E-state index contributed by atoms with van der Waals surface area (Å²) in [5, 5.41) is 43.8. The lowest BCUT2D eigenvalue weighted by Gasteiger charge is -2.33. The predicted molar refractivity (Wildman–Crippen MR) is 165 cm³/mol. The van der Waals surface area contributed by atoms with Crippen molar-refractivity contribution in [3.63, 3.8) is 0 Å². The number of nitro groups is 2. The highest BCUT2D eigenvalue weighted by Crippen LogP contribution is 2.34. The molecule has 0 aromatic rings. The molecule has 0 saturated heterocycles. The molecule has 0 aliphatic heterocycles. The Balaban J connectivity index is 1.03. The maximum absolute atomic E-state index is 12.9. The zero-order valence-electron chi connectivity index (χ0n) is 27.1. The zero-order valence-corrected chi connectivity index (χ0v) is 27.1. The zero-order chi connectivity index (χ0) is 33.8. The minimum absolute atomic E-state index is 0.0320. The van der Waals surface area contributed by atoms with Crippen LogP contribution in [-0.4, -0.2) is 94.9 Å². The second-order valence-electron chi connectivity index (χ2n) is 13.9. The fraction of sp³-hybridized carbons (Fsp3) is 0.935. The molecule has 4 aliphatic rings. The van der Waals surface area contributed by atoms with Crippen LogP contribution in [0.1, 0.15) is 96.3 Å². The van der Waals surface area contributed by atoms with E-state index in [2.05, 4.69) is 15.7 Å². The predicted octanol–water partition coefficient (Wildman–Crippen LogP) is 3.37. The average Bonchev–Trinajstić information content (AvgIpc) is 3.06. The molecular weight excluding hydrogens is 620 g/mol. The molecule has 4 fully saturated rings. The van der Waals surface area contributed by atoms with Crippen LogP contribution in [0.5, 0.6) is 0 Å². The van der Waals surface area contributed by atoms with Gasteiger partial charge in [0.2, 0.25) is 18.0 Å². The third-order valence-corrected chi connectivity index (χ3v) is 10.7. The summed E-state index contributed by atoms with van der Waals surface area (Å²) in [6, 6.07) is -1.35. The summed E-state index contributed by atoms with van der Waals surface area (Å²) in [5.74, 6) is -3.25. The first-order chi connectivity index (χ1) is 22.6. The summed E-state index contributed by atoms with van der Waals surface area (Å²) < 4.78 is 12.1. The van der Waals surface area contributed by atoms with Gasteiger partial charge in [0.05, 0.1) is 37.3 Å². The minimum Gasteiger partial charge on any atom is -0.481 e. The Kier molecular flexibility index (Phi) is 15.0. The van der Waals surface area contributed by atoms with Crippen molar-refractivity contribution in [2.75, 3.05) is 26.4 Å². The Morgan fingerprint density at radius 3 is 1.85 bits per heavy atom. The maximum Gasteiger partial charge on any atom is 0.307 e. The van der Waals surface area contributed by atoms with E-state index in [9.17, 15) is 34.9 Å². The van der Waals surface area contributed by atoms with Gasteiger partial charge < -0.3 is 24.7 Å². The largest absolute Gasteiger partial charge is 0.481 e. The average molecular weight is 673 g/mol. The third-order valence-electron chi connectivity index (χ3n) is 10.7. The van der Waals surface area contributed by atoms with Crippen LogP contribution in [0.3, 0.4) is 0 Å². The maximum atomic E-state index is 12.9. The van der Waals surface area contributed by atoms with Crippen LogP contribution in [-0.2, 0) is 28.8 Å². The van der Waals surface area contributed by atoms with E-state index in [4.69, 9.17) is 19.6 Å². The molecular formula is C31H52N4O12.